The van der Waals surface area contributed by atoms with Crippen molar-refractivity contribution in [2.24, 2.45) is 0 Å². The summed E-state index contributed by atoms with van der Waals surface area (Å²) in [6.07, 6.45) is 0. The van der Waals surface area contributed by atoms with Crippen molar-refractivity contribution < 1.29 is 4.74 Å². The molecule has 0 saturated heterocycles. The Morgan fingerprint density at radius 1 is 0.885 bits per heavy atom. The van der Waals surface area contributed by atoms with Gasteiger partial charge < -0.3 is 4.74 Å². The van der Waals surface area contributed by atoms with Crippen molar-refractivity contribution in [3.63, 3.8) is 0 Å². The molecule has 0 fully saturated rings. The summed E-state index contributed by atoms with van der Waals surface area (Å²) in [7, 11) is 1.60. The van der Waals surface area contributed by atoms with E-state index in [2.05, 4.69) is 39.8 Å². The lowest BCUT2D eigenvalue weighted by atomic mass is 10.1. The second-order valence-electron chi connectivity index (χ2n) is 6.16. The van der Waals surface area contributed by atoms with E-state index in [1.807, 2.05) is 48.6 Å². The molecule has 0 unspecified atom stereocenters. The molecule has 0 aliphatic carbocycles. The summed E-state index contributed by atoms with van der Waals surface area (Å²) in [5, 5.41) is 0. The van der Waals surface area contributed by atoms with E-state index in [-0.39, 0.29) is 0 Å². The van der Waals surface area contributed by atoms with E-state index in [0.29, 0.717) is 17.4 Å². The highest BCUT2D eigenvalue weighted by atomic mass is 16.5. The second kappa shape index (κ2) is 6.16. The molecule has 0 spiro atoms. The zero-order chi connectivity index (χ0) is 18.3. The van der Waals surface area contributed by atoms with E-state index in [1.165, 1.54) is 0 Å². The zero-order valence-electron chi connectivity index (χ0n) is 15.2. The molecule has 0 N–H and O–H groups in total. The summed E-state index contributed by atoms with van der Waals surface area (Å²) < 4.78 is 7.26. The average Bonchev–Trinajstić information content (AvgIpc) is 2.98. The molecule has 128 valence electrons. The predicted octanol–water partition coefficient (Wildman–Crippen LogP) is 3.61. The average molecular weight is 342 g/mol. The van der Waals surface area contributed by atoms with Gasteiger partial charge in [0, 0.05) is 11.6 Å². The molecule has 0 atom stereocenters. The lowest BCUT2D eigenvalue weighted by molar-refractivity contribution is 0.399. The molecule has 5 nitrogen and oxygen atoms in total. The molecule has 1 aromatic carbocycles. The Labute approximate surface area is 151 Å². The normalized spacial score (nSPS) is 10.8. The summed E-state index contributed by atoms with van der Waals surface area (Å²) >= 11 is 0. The van der Waals surface area contributed by atoms with Gasteiger partial charge >= 0.3 is 0 Å². The number of rotatable bonds is 1. The molecule has 26 heavy (non-hydrogen) atoms. The first-order valence-electron chi connectivity index (χ1n) is 8.36. The largest absolute Gasteiger partial charge is 0.481 e. The van der Waals surface area contributed by atoms with Gasteiger partial charge in [0.25, 0.3) is 0 Å². The fraction of sp³-hybridized carbons (Fsp3) is 0.190. The van der Waals surface area contributed by atoms with Crippen LogP contribution >= 0.6 is 0 Å². The minimum Gasteiger partial charge on any atom is -0.481 e. The quantitative estimate of drug-likeness (QED) is 0.496. The zero-order valence-corrected chi connectivity index (χ0v) is 15.2. The van der Waals surface area contributed by atoms with Gasteiger partial charge in [0.05, 0.1) is 24.0 Å². The maximum absolute atomic E-state index is 5.28. The van der Waals surface area contributed by atoms with E-state index in [9.17, 15) is 0 Å². The van der Waals surface area contributed by atoms with Crippen molar-refractivity contribution >= 4 is 16.7 Å². The topological polar surface area (TPSA) is 52.3 Å². The standard InChI is InChI=1S/C21H18N4O/c1-13-7-5-6-8-16(13)9-11-18-23-15(3)20-14(2)22-17-10-12-19(26-4)24-21(17)25(18)20/h5-8,10,12H,1-4H3. The van der Waals surface area contributed by atoms with E-state index in [0.717, 1.165) is 33.5 Å². The van der Waals surface area contributed by atoms with Crippen molar-refractivity contribution in [2.75, 3.05) is 7.11 Å². The van der Waals surface area contributed by atoms with Crippen LogP contribution in [0.1, 0.15) is 28.3 Å². The molecule has 0 radical (unpaired) electrons. The van der Waals surface area contributed by atoms with E-state index in [1.54, 1.807) is 7.11 Å². The molecular formula is C21H18N4O. The molecule has 3 aromatic heterocycles. The molecule has 5 heteroatoms. The first kappa shape index (κ1) is 16.1. The third kappa shape index (κ3) is 2.56. The third-order valence-electron chi connectivity index (χ3n) is 4.39. The van der Waals surface area contributed by atoms with Crippen molar-refractivity contribution in [1.29, 1.82) is 0 Å². The second-order valence-corrected chi connectivity index (χ2v) is 6.16. The maximum atomic E-state index is 5.28. The van der Waals surface area contributed by atoms with E-state index >= 15 is 0 Å². The van der Waals surface area contributed by atoms with Crippen molar-refractivity contribution in [2.45, 2.75) is 20.8 Å². The van der Waals surface area contributed by atoms with Crippen LogP contribution in [-0.2, 0) is 0 Å². The molecule has 4 aromatic rings. The number of aromatic nitrogens is 4. The first-order valence-corrected chi connectivity index (χ1v) is 8.36. The summed E-state index contributed by atoms with van der Waals surface area (Å²) in [5.74, 6) is 7.64. The Morgan fingerprint density at radius 3 is 2.42 bits per heavy atom. The fourth-order valence-electron chi connectivity index (χ4n) is 3.10. The monoisotopic (exact) mass is 342 g/mol. The van der Waals surface area contributed by atoms with Gasteiger partial charge in [-0.3, -0.25) is 4.40 Å². The Balaban J connectivity index is 2.03. The number of hydrogen-bond donors (Lipinski definition) is 0. The van der Waals surface area contributed by atoms with Crippen LogP contribution < -0.4 is 4.74 Å². The molecule has 0 aliphatic heterocycles. The third-order valence-corrected chi connectivity index (χ3v) is 4.39. The molecule has 0 saturated carbocycles. The Kier molecular flexibility index (Phi) is 3.81. The van der Waals surface area contributed by atoms with Crippen LogP contribution in [0.2, 0.25) is 0 Å². The number of fused-ring (bicyclic) bond motifs is 3. The number of benzene rings is 1. The summed E-state index contributed by atoms with van der Waals surface area (Å²) in [5.41, 5.74) is 6.33. The molecule has 0 bridgehead atoms. The van der Waals surface area contributed by atoms with Crippen LogP contribution in [0.5, 0.6) is 5.88 Å². The Bertz CT molecular complexity index is 1210. The lowest BCUT2D eigenvalue weighted by Gasteiger charge is -2.07. The van der Waals surface area contributed by atoms with Crippen LogP contribution in [-0.4, -0.2) is 26.5 Å². The lowest BCUT2D eigenvalue weighted by Crippen LogP contribution is -2.01. The Hall–Kier alpha value is -3.39. The van der Waals surface area contributed by atoms with Gasteiger partial charge in [0.2, 0.25) is 5.88 Å². The number of hydrogen-bond acceptors (Lipinski definition) is 4. The smallest absolute Gasteiger partial charge is 0.215 e. The van der Waals surface area contributed by atoms with Crippen molar-refractivity contribution in [3.05, 3.63) is 64.7 Å². The van der Waals surface area contributed by atoms with Crippen LogP contribution in [0.25, 0.3) is 16.7 Å². The van der Waals surface area contributed by atoms with Crippen LogP contribution in [0.15, 0.2) is 36.4 Å². The van der Waals surface area contributed by atoms with E-state index in [4.69, 9.17) is 4.74 Å². The summed E-state index contributed by atoms with van der Waals surface area (Å²) in [6.45, 7) is 6.00. The minimum atomic E-state index is 0.536. The number of nitrogens with zero attached hydrogens (tertiary/aromatic N) is 4. The number of methoxy groups -OCH3 is 1. The highest BCUT2D eigenvalue weighted by Crippen LogP contribution is 2.23. The van der Waals surface area contributed by atoms with Crippen LogP contribution in [0.4, 0.5) is 0 Å². The summed E-state index contributed by atoms with van der Waals surface area (Å²) in [6, 6.07) is 11.8. The highest BCUT2D eigenvalue weighted by molar-refractivity contribution is 5.78. The number of pyridine rings is 1. The molecule has 0 amide bonds. The van der Waals surface area contributed by atoms with Gasteiger partial charge in [0.15, 0.2) is 11.5 Å². The van der Waals surface area contributed by atoms with Gasteiger partial charge in [0.1, 0.15) is 5.52 Å². The van der Waals surface area contributed by atoms with Gasteiger partial charge in [-0.15, -0.1) is 0 Å². The van der Waals surface area contributed by atoms with Gasteiger partial charge in [-0.05, 0) is 44.4 Å². The molecule has 4 rings (SSSR count). The number of ether oxygens (including phenoxy) is 1. The highest BCUT2D eigenvalue weighted by Gasteiger charge is 2.15. The maximum Gasteiger partial charge on any atom is 0.215 e. The predicted molar refractivity (Wildman–Crippen MR) is 101 cm³/mol. The van der Waals surface area contributed by atoms with Crippen LogP contribution in [0, 0.1) is 32.6 Å². The van der Waals surface area contributed by atoms with Gasteiger partial charge in [-0.1, -0.05) is 24.1 Å². The number of imidazole rings is 1. The van der Waals surface area contributed by atoms with Gasteiger partial charge in [-0.25, -0.2) is 9.97 Å². The van der Waals surface area contributed by atoms with Crippen molar-refractivity contribution in [1.82, 2.24) is 19.4 Å². The molecule has 3 heterocycles. The van der Waals surface area contributed by atoms with E-state index < -0.39 is 0 Å². The first-order chi connectivity index (χ1) is 12.6. The Morgan fingerprint density at radius 2 is 1.65 bits per heavy atom. The molecular weight excluding hydrogens is 324 g/mol. The van der Waals surface area contributed by atoms with Gasteiger partial charge in [-0.2, -0.15) is 4.98 Å². The molecule has 0 aliphatic rings. The number of aryl methyl sites for hydroxylation is 3. The SMILES string of the molecule is COc1ccc2nc(C)c3c(C)nc(C#Cc4ccccc4C)n3c2n1. The fourth-order valence-corrected chi connectivity index (χ4v) is 3.10. The minimum absolute atomic E-state index is 0.536. The summed E-state index contributed by atoms with van der Waals surface area (Å²) in [4.78, 5) is 13.9. The van der Waals surface area contributed by atoms with Crippen molar-refractivity contribution in [3.8, 4) is 17.7 Å². The van der Waals surface area contributed by atoms with Crippen LogP contribution in [0.3, 0.4) is 0 Å².